The molecule has 0 unspecified atom stereocenters. The summed E-state index contributed by atoms with van der Waals surface area (Å²) in [6.45, 7) is 10.6. The van der Waals surface area contributed by atoms with Gasteiger partial charge in [-0.25, -0.2) is 0 Å². The Kier molecular flexibility index (Phi) is 5.82. The molecular weight excluding hydrogens is 392 g/mol. The van der Waals surface area contributed by atoms with Gasteiger partial charge in [-0.05, 0) is 60.4 Å². The van der Waals surface area contributed by atoms with Crippen LogP contribution < -0.4 is 9.64 Å². The average molecular weight is 425 g/mol. The molecule has 0 atom stereocenters. The molecule has 4 rings (SSSR count). The number of carbonyl (C=O) groups excluding carboxylic acids is 2. The van der Waals surface area contributed by atoms with Gasteiger partial charge in [-0.1, -0.05) is 33.8 Å². The summed E-state index contributed by atoms with van der Waals surface area (Å²) in [4.78, 5) is 29.0. The van der Waals surface area contributed by atoms with E-state index in [-0.39, 0.29) is 30.4 Å². The molecule has 1 saturated heterocycles. The summed E-state index contributed by atoms with van der Waals surface area (Å²) in [5.41, 5.74) is 1.91. The molecule has 0 saturated carbocycles. The van der Waals surface area contributed by atoms with Gasteiger partial charge in [0.2, 0.25) is 0 Å². The second kappa shape index (κ2) is 8.40. The standard InChI is InChI=1S/C25H32N2O4/c1-5-25(3,4)18-6-8-21-20(14-18)27(23(28)16-30-21)15-19-7-9-22(31-19)24(29)26-12-10-17(2)11-13-26/h6-9,14,17H,5,10-13,15-16H2,1-4H3. The van der Waals surface area contributed by atoms with Crippen LogP contribution in [0.4, 0.5) is 5.69 Å². The van der Waals surface area contributed by atoms with Crippen LogP contribution in [0.25, 0.3) is 0 Å². The van der Waals surface area contributed by atoms with Crippen molar-refractivity contribution < 1.29 is 18.7 Å². The van der Waals surface area contributed by atoms with E-state index in [1.165, 1.54) is 0 Å². The molecule has 0 spiro atoms. The fourth-order valence-corrected chi connectivity index (χ4v) is 4.10. The Morgan fingerprint density at radius 2 is 1.90 bits per heavy atom. The van der Waals surface area contributed by atoms with Crippen LogP contribution >= 0.6 is 0 Å². The lowest BCUT2D eigenvalue weighted by atomic mass is 9.82. The van der Waals surface area contributed by atoms with Crippen LogP contribution in [0.15, 0.2) is 34.7 Å². The number of piperidine rings is 1. The summed E-state index contributed by atoms with van der Waals surface area (Å²) in [5, 5.41) is 0. The van der Waals surface area contributed by atoms with E-state index in [4.69, 9.17) is 9.15 Å². The van der Waals surface area contributed by atoms with E-state index < -0.39 is 0 Å². The number of anilines is 1. The first kappa shape index (κ1) is 21.5. The Balaban J connectivity index is 1.54. The van der Waals surface area contributed by atoms with Crippen LogP contribution in [0.3, 0.4) is 0 Å². The smallest absolute Gasteiger partial charge is 0.289 e. The number of hydrogen-bond donors (Lipinski definition) is 0. The van der Waals surface area contributed by atoms with E-state index in [9.17, 15) is 9.59 Å². The largest absolute Gasteiger partial charge is 0.482 e. The summed E-state index contributed by atoms with van der Waals surface area (Å²) in [7, 11) is 0. The zero-order chi connectivity index (χ0) is 22.2. The summed E-state index contributed by atoms with van der Waals surface area (Å²) >= 11 is 0. The second-order valence-corrected chi connectivity index (χ2v) is 9.43. The summed E-state index contributed by atoms with van der Waals surface area (Å²) in [6, 6.07) is 9.56. The van der Waals surface area contributed by atoms with Crippen molar-refractivity contribution in [2.24, 2.45) is 5.92 Å². The second-order valence-electron chi connectivity index (χ2n) is 9.43. The average Bonchev–Trinajstić information content (AvgIpc) is 3.24. The SMILES string of the molecule is CCC(C)(C)c1ccc2c(c1)N(Cc1ccc(C(=O)N3CCC(C)CC3)o1)C(=O)CO2. The summed E-state index contributed by atoms with van der Waals surface area (Å²) in [5.74, 6) is 2.10. The van der Waals surface area contributed by atoms with Crippen LogP contribution in [0, 0.1) is 5.92 Å². The number of hydrogen-bond acceptors (Lipinski definition) is 4. The van der Waals surface area contributed by atoms with Crippen molar-refractivity contribution in [2.45, 2.75) is 58.9 Å². The highest BCUT2D eigenvalue weighted by atomic mass is 16.5. The molecule has 1 aromatic carbocycles. The Morgan fingerprint density at radius 1 is 1.16 bits per heavy atom. The molecule has 0 N–H and O–H groups in total. The first-order valence-electron chi connectivity index (χ1n) is 11.2. The summed E-state index contributed by atoms with van der Waals surface area (Å²) < 4.78 is 11.5. The van der Waals surface area contributed by atoms with Crippen LogP contribution in [0.2, 0.25) is 0 Å². The van der Waals surface area contributed by atoms with Crippen molar-refractivity contribution in [1.29, 1.82) is 0 Å². The molecule has 1 aromatic heterocycles. The van der Waals surface area contributed by atoms with Gasteiger partial charge in [0.05, 0.1) is 12.2 Å². The maximum atomic E-state index is 12.8. The van der Waals surface area contributed by atoms with Gasteiger partial charge in [0.15, 0.2) is 12.4 Å². The molecule has 166 valence electrons. The van der Waals surface area contributed by atoms with Gasteiger partial charge in [0.25, 0.3) is 11.8 Å². The van der Waals surface area contributed by atoms with E-state index in [0.29, 0.717) is 23.2 Å². The van der Waals surface area contributed by atoms with Gasteiger partial charge in [0, 0.05) is 13.1 Å². The van der Waals surface area contributed by atoms with E-state index in [0.717, 1.165) is 43.6 Å². The van der Waals surface area contributed by atoms with Crippen LogP contribution in [-0.4, -0.2) is 36.4 Å². The van der Waals surface area contributed by atoms with Crippen molar-refractivity contribution in [3.8, 4) is 5.75 Å². The van der Waals surface area contributed by atoms with Gasteiger partial charge in [-0.2, -0.15) is 0 Å². The minimum absolute atomic E-state index is 0.00196. The molecule has 0 bridgehead atoms. The van der Waals surface area contributed by atoms with E-state index in [1.54, 1.807) is 17.0 Å². The lowest BCUT2D eigenvalue weighted by Crippen LogP contribution is -2.38. The summed E-state index contributed by atoms with van der Waals surface area (Å²) in [6.07, 6.45) is 3.03. The number of benzene rings is 1. The minimum atomic E-state index is -0.117. The number of amides is 2. The molecular formula is C25H32N2O4. The third kappa shape index (κ3) is 4.34. The van der Waals surface area contributed by atoms with Crippen LogP contribution in [0.5, 0.6) is 5.75 Å². The number of nitrogens with zero attached hydrogens (tertiary/aromatic N) is 2. The molecule has 3 heterocycles. The highest BCUT2D eigenvalue weighted by Crippen LogP contribution is 2.38. The Morgan fingerprint density at radius 3 is 2.61 bits per heavy atom. The van der Waals surface area contributed by atoms with Crippen molar-refractivity contribution in [3.63, 3.8) is 0 Å². The molecule has 6 nitrogen and oxygen atoms in total. The molecule has 2 aromatic rings. The lowest BCUT2D eigenvalue weighted by molar-refractivity contribution is -0.121. The fourth-order valence-electron chi connectivity index (χ4n) is 4.10. The van der Waals surface area contributed by atoms with Gasteiger partial charge in [0.1, 0.15) is 11.5 Å². The third-order valence-electron chi connectivity index (χ3n) is 6.82. The highest BCUT2D eigenvalue weighted by molar-refractivity contribution is 5.98. The first-order chi connectivity index (χ1) is 14.8. The molecule has 0 aliphatic carbocycles. The Bertz CT molecular complexity index is 970. The zero-order valence-corrected chi connectivity index (χ0v) is 18.9. The number of fused-ring (bicyclic) bond motifs is 1. The zero-order valence-electron chi connectivity index (χ0n) is 18.9. The molecule has 2 amide bonds. The van der Waals surface area contributed by atoms with E-state index in [1.807, 2.05) is 17.0 Å². The first-order valence-corrected chi connectivity index (χ1v) is 11.2. The molecule has 2 aliphatic heterocycles. The van der Waals surface area contributed by atoms with Crippen LogP contribution in [0.1, 0.15) is 68.8 Å². The molecule has 1 fully saturated rings. The monoisotopic (exact) mass is 424 g/mol. The van der Waals surface area contributed by atoms with Crippen molar-refractivity contribution in [3.05, 3.63) is 47.4 Å². The topological polar surface area (TPSA) is 63.0 Å². The van der Waals surface area contributed by atoms with Crippen molar-refractivity contribution >= 4 is 17.5 Å². The third-order valence-corrected chi connectivity index (χ3v) is 6.82. The minimum Gasteiger partial charge on any atom is -0.482 e. The number of likely N-dealkylation sites (tertiary alicyclic amines) is 1. The number of ether oxygens (including phenoxy) is 1. The number of furan rings is 1. The maximum absolute atomic E-state index is 12.8. The van der Waals surface area contributed by atoms with Crippen molar-refractivity contribution in [2.75, 3.05) is 24.6 Å². The molecule has 31 heavy (non-hydrogen) atoms. The van der Waals surface area contributed by atoms with Gasteiger partial charge >= 0.3 is 0 Å². The normalized spacial score (nSPS) is 17.5. The predicted octanol–water partition coefficient (Wildman–Crippen LogP) is 4.76. The highest BCUT2D eigenvalue weighted by Gasteiger charge is 2.30. The lowest BCUT2D eigenvalue weighted by Gasteiger charge is -2.31. The molecule has 0 radical (unpaired) electrons. The molecule has 6 heteroatoms. The predicted molar refractivity (Wildman–Crippen MR) is 119 cm³/mol. The van der Waals surface area contributed by atoms with E-state index in [2.05, 4.69) is 33.8 Å². The van der Waals surface area contributed by atoms with E-state index >= 15 is 0 Å². The van der Waals surface area contributed by atoms with Gasteiger partial charge in [-0.15, -0.1) is 0 Å². The quantitative estimate of drug-likeness (QED) is 0.694. The van der Waals surface area contributed by atoms with Gasteiger partial charge < -0.3 is 14.1 Å². The maximum Gasteiger partial charge on any atom is 0.289 e. The number of carbonyl (C=O) groups is 2. The number of rotatable bonds is 5. The molecule has 2 aliphatic rings. The van der Waals surface area contributed by atoms with Gasteiger partial charge in [-0.3, -0.25) is 14.5 Å². The van der Waals surface area contributed by atoms with Crippen LogP contribution in [-0.2, 0) is 16.8 Å². The Labute approximate surface area is 184 Å². The Hall–Kier alpha value is -2.76. The van der Waals surface area contributed by atoms with Crippen molar-refractivity contribution in [1.82, 2.24) is 4.90 Å². The fraction of sp³-hybridized carbons (Fsp3) is 0.520.